The van der Waals surface area contributed by atoms with Gasteiger partial charge in [-0.25, -0.2) is 0 Å². The molecule has 1 heterocycles. The first-order chi connectivity index (χ1) is 18.2. The van der Waals surface area contributed by atoms with Crippen molar-refractivity contribution in [1.82, 2.24) is 4.98 Å². The van der Waals surface area contributed by atoms with E-state index in [9.17, 15) is 15.3 Å². The highest BCUT2D eigenvalue weighted by molar-refractivity contribution is 5.39. The zero-order valence-corrected chi connectivity index (χ0v) is 23.6. The second-order valence-corrected chi connectivity index (χ2v) is 12.9. The molecule has 0 bridgehead atoms. The molecular formula is C34H47NO3. The summed E-state index contributed by atoms with van der Waals surface area (Å²) >= 11 is 0. The van der Waals surface area contributed by atoms with Crippen LogP contribution in [0.5, 0.6) is 0 Å². The molecule has 4 saturated carbocycles. The zero-order chi connectivity index (χ0) is 27.1. The summed E-state index contributed by atoms with van der Waals surface area (Å²) < 4.78 is 0. The molecule has 0 spiro atoms. The second-order valence-electron chi connectivity index (χ2n) is 12.9. The molecule has 0 unspecified atom stereocenters. The van der Waals surface area contributed by atoms with Gasteiger partial charge in [0.05, 0.1) is 18.3 Å². The SMILES string of the molecule is C=C1/C(=C\C=C2/CCC[C@]3(C)[C@@H]([C@H](C)/C=C/[C@@H](O)C4(c5cc(CC)ccn5)CC4)CC[C@@H]23)C[C@@H](O)C[C@@H]1O. The maximum Gasteiger partial charge on any atom is 0.0832 e. The van der Waals surface area contributed by atoms with Crippen molar-refractivity contribution in [2.24, 2.45) is 23.2 Å². The minimum absolute atomic E-state index is 0.206. The fourth-order valence-electron chi connectivity index (χ4n) is 8.01. The first-order valence-electron chi connectivity index (χ1n) is 14.9. The van der Waals surface area contributed by atoms with Gasteiger partial charge < -0.3 is 15.3 Å². The zero-order valence-electron chi connectivity index (χ0n) is 23.6. The first-order valence-corrected chi connectivity index (χ1v) is 14.9. The predicted octanol–water partition coefficient (Wildman–Crippen LogP) is 6.37. The summed E-state index contributed by atoms with van der Waals surface area (Å²) in [4.78, 5) is 4.65. The van der Waals surface area contributed by atoms with Crippen LogP contribution in [0.15, 0.2) is 65.9 Å². The molecular weight excluding hydrogens is 470 g/mol. The molecule has 4 aliphatic carbocycles. The van der Waals surface area contributed by atoms with Crippen LogP contribution in [-0.2, 0) is 11.8 Å². The number of pyridine rings is 1. The Kier molecular flexibility index (Phi) is 7.88. The molecule has 0 radical (unpaired) electrons. The maximum atomic E-state index is 11.3. The number of aliphatic hydroxyl groups excluding tert-OH is 3. The summed E-state index contributed by atoms with van der Waals surface area (Å²) in [5.41, 5.74) is 5.66. The van der Waals surface area contributed by atoms with Gasteiger partial charge >= 0.3 is 0 Å². The maximum absolute atomic E-state index is 11.3. The number of allylic oxidation sites excluding steroid dienone is 4. The van der Waals surface area contributed by atoms with Crippen molar-refractivity contribution in [3.05, 3.63) is 77.2 Å². The molecule has 1 aromatic heterocycles. The van der Waals surface area contributed by atoms with Crippen LogP contribution in [0, 0.1) is 23.2 Å². The largest absolute Gasteiger partial charge is 0.393 e. The van der Waals surface area contributed by atoms with E-state index in [0.717, 1.165) is 42.5 Å². The Morgan fingerprint density at radius 1 is 1.16 bits per heavy atom. The van der Waals surface area contributed by atoms with E-state index >= 15 is 0 Å². The van der Waals surface area contributed by atoms with Gasteiger partial charge in [0.2, 0.25) is 0 Å². The van der Waals surface area contributed by atoms with Crippen LogP contribution in [0.1, 0.15) is 89.8 Å². The lowest BCUT2D eigenvalue weighted by atomic mass is 9.61. The van der Waals surface area contributed by atoms with Gasteiger partial charge in [0.15, 0.2) is 0 Å². The number of hydrogen-bond acceptors (Lipinski definition) is 4. The third kappa shape index (κ3) is 5.12. The summed E-state index contributed by atoms with van der Waals surface area (Å²) in [5, 5.41) is 31.6. The minimum Gasteiger partial charge on any atom is -0.393 e. The molecule has 0 aliphatic heterocycles. The van der Waals surface area contributed by atoms with Gasteiger partial charge in [0.1, 0.15) is 0 Å². The summed E-state index contributed by atoms with van der Waals surface area (Å²) in [6, 6.07) is 4.26. The smallest absolute Gasteiger partial charge is 0.0832 e. The normalized spacial score (nSPS) is 36.5. The molecule has 4 aliphatic rings. The third-order valence-electron chi connectivity index (χ3n) is 10.6. The molecule has 4 nitrogen and oxygen atoms in total. The van der Waals surface area contributed by atoms with E-state index in [1.54, 1.807) is 0 Å². The highest BCUT2D eigenvalue weighted by Crippen LogP contribution is 2.60. The van der Waals surface area contributed by atoms with E-state index in [1.165, 1.54) is 36.8 Å². The lowest BCUT2D eigenvalue weighted by Gasteiger charge is -2.44. The van der Waals surface area contributed by atoms with Crippen LogP contribution in [0.3, 0.4) is 0 Å². The predicted molar refractivity (Wildman–Crippen MR) is 154 cm³/mol. The van der Waals surface area contributed by atoms with Crippen LogP contribution in [0.4, 0.5) is 0 Å². The van der Waals surface area contributed by atoms with Crippen molar-refractivity contribution in [2.75, 3.05) is 0 Å². The van der Waals surface area contributed by atoms with E-state index in [1.807, 2.05) is 6.20 Å². The number of aliphatic hydroxyl groups is 3. The highest BCUT2D eigenvalue weighted by Gasteiger charge is 2.52. The van der Waals surface area contributed by atoms with Gasteiger partial charge in [-0.2, -0.15) is 0 Å². The topological polar surface area (TPSA) is 73.6 Å². The monoisotopic (exact) mass is 517 g/mol. The van der Waals surface area contributed by atoms with Gasteiger partial charge in [-0.3, -0.25) is 4.98 Å². The third-order valence-corrected chi connectivity index (χ3v) is 10.6. The molecule has 4 fully saturated rings. The second kappa shape index (κ2) is 10.9. The molecule has 4 heteroatoms. The van der Waals surface area contributed by atoms with Gasteiger partial charge in [-0.1, -0.05) is 57.2 Å². The quantitative estimate of drug-likeness (QED) is 0.368. The molecule has 0 aromatic carbocycles. The van der Waals surface area contributed by atoms with Gasteiger partial charge in [-0.05, 0) is 110 Å². The van der Waals surface area contributed by atoms with Crippen molar-refractivity contribution in [3.63, 3.8) is 0 Å². The summed E-state index contributed by atoms with van der Waals surface area (Å²) in [5.74, 6) is 1.57. The average Bonchev–Trinajstić information content (AvgIpc) is 3.64. The van der Waals surface area contributed by atoms with Gasteiger partial charge in [0, 0.05) is 23.7 Å². The molecule has 7 atom stereocenters. The number of fused-ring (bicyclic) bond motifs is 1. The van der Waals surface area contributed by atoms with Crippen molar-refractivity contribution in [2.45, 2.75) is 109 Å². The van der Waals surface area contributed by atoms with E-state index < -0.39 is 18.3 Å². The van der Waals surface area contributed by atoms with Crippen molar-refractivity contribution < 1.29 is 15.3 Å². The van der Waals surface area contributed by atoms with Crippen LogP contribution in [0.2, 0.25) is 0 Å². The number of nitrogens with zero attached hydrogens (tertiary/aromatic N) is 1. The Morgan fingerprint density at radius 3 is 2.68 bits per heavy atom. The summed E-state index contributed by atoms with van der Waals surface area (Å²) in [7, 11) is 0. The first kappa shape index (κ1) is 27.6. The molecule has 0 amide bonds. The Balaban J connectivity index is 1.29. The van der Waals surface area contributed by atoms with Crippen molar-refractivity contribution in [1.29, 1.82) is 0 Å². The Bertz CT molecular complexity index is 1130. The molecule has 0 saturated heterocycles. The highest BCUT2D eigenvalue weighted by atomic mass is 16.3. The van der Waals surface area contributed by atoms with Crippen LogP contribution in [0.25, 0.3) is 0 Å². The molecule has 206 valence electrons. The Hall–Kier alpha value is -2.01. The Morgan fingerprint density at radius 2 is 1.95 bits per heavy atom. The number of rotatable bonds is 7. The standard InChI is InChI=1S/C34H47NO3/c1-5-24-14-18-35-31(19-24)34(16-17-34)32(38)13-8-22(2)28-11-12-29-25(7-6-15-33(28,29)4)9-10-26-20-27(36)21-30(37)23(26)3/h8-10,13-14,18-19,22,27-30,32,36-38H,3,5-7,11-12,15-17,20-21H2,1-2,4H3/b13-8+,25-9+,26-10-/t22-,27-,28-,29+,30+,32-,33-/m1/s1. The molecule has 5 rings (SSSR count). The van der Waals surface area contributed by atoms with Gasteiger partial charge in [-0.15, -0.1) is 0 Å². The molecule has 3 N–H and O–H groups in total. The van der Waals surface area contributed by atoms with Crippen LogP contribution < -0.4 is 0 Å². The number of aryl methyl sites for hydroxylation is 1. The average molecular weight is 518 g/mol. The van der Waals surface area contributed by atoms with E-state index in [0.29, 0.717) is 30.6 Å². The van der Waals surface area contributed by atoms with Crippen LogP contribution in [-0.4, -0.2) is 38.6 Å². The van der Waals surface area contributed by atoms with Crippen LogP contribution >= 0.6 is 0 Å². The van der Waals surface area contributed by atoms with E-state index in [2.05, 4.69) is 68.8 Å². The summed E-state index contributed by atoms with van der Waals surface area (Å²) in [6.45, 7) is 11.1. The lowest BCUT2D eigenvalue weighted by Crippen LogP contribution is -2.35. The van der Waals surface area contributed by atoms with Gasteiger partial charge in [0.25, 0.3) is 0 Å². The number of aromatic nitrogens is 1. The fourth-order valence-corrected chi connectivity index (χ4v) is 8.01. The molecule has 1 aromatic rings. The summed E-state index contributed by atoms with van der Waals surface area (Å²) in [6.07, 6.45) is 19.0. The minimum atomic E-state index is -0.639. The Labute approximate surface area is 229 Å². The van der Waals surface area contributed by atoms with Crippen molar-refractivity contribution >= 4 is 0 Å². The number of hydrogen-bond donors (Lipinski definition) is 3. The van der Waals surface area contributed by atoms with Crippen molar-refractivity contribution in [3.8, 4) is 0 Å². The van der Waals surface area contributed by atoms with E-state index in [-0.39, 0.29) is 10.8 Å². The molecule has 38 heavy (non-hydrogen) atoms. The van der Waals surface area contributed by atoms with E-state index in [4.69, 9.17) is 0 Å². The fraction of sp³-hybridized carbons (Fsp3) is 0.618. The lowest BCUT2D eigenvalue weighted by molar-refractivity contribution is 0.0862.